The van der Waals surface area contributed by atoms with E-state index in [1.54, 1.807) is 43.3 Å². The number of ketones is 2. The molecule has 84 valence electrons. The fourth-order valence-corrected chi connectivity index (χ4v) is 1.98. The molecule has 1 aliphatic carbocycles. The highest BCUT2D eigenvalue weighted by Gasteiger charge is 2.30. The first kappa shape index (κ1) is 11.3. The molecular formula is C15H12O2. The van der Waals surface area contributed by atoms with E-state index in [0.29, 0.717) is 22.3 Å². The van der Waals surface area contributed by atoms with E-state index in [0.717, 1.165) is 0 Å². The largest absolute Gasteiger partial charge is 0.289 e. The molecule has 0 amide bonds. The van der Waals surface area contributed by atoms with Gasteiger partial charge in [0.15, 0.2) is 11.6 Å². The quantitative estimate of drug-likeness (QED) is 0.687. The number of carbonyl (C=O) groups excluding carboxylic acids is 2. The molecule has 17 heavy (non-hydrogen) atoms. The summed E-state index contributed by atoms with van der Waals surface area (Å²) in [5, 5.41) is 0. The van der Waals surface area contributed by atoms with Crippen LogP contribution in [-0.4, -0.2) is 11.6 Å². The van der Waals surface area contributed by atoms with Crippen molar-refractivity contribution in [3.63, 3.8) is 0 Å². The third-order valence-electron chi connectivity index (χ3n) is 2.77. The van der Waals surface area contributed by atoms with Gasteiger partial charge >= 0.3 is 0 Å². The van der Waals surface area contributed by atoms with Crippen molar-refractivity contribution >= 4 is 11.6 Å². The SMILES string of the molecule is C=C/C=C1/C(=O)c2ccccc2C(=O)/C1=C/C. The van der Waals surface area contributed by atoms with Gasteiger partial charge in [-0.1, -0.05) is 49.1 Å². The van der Waals surface area contributed by atoms with Gasteiger partial charge in [-0.05, 0) is 6.92 Å². The third-order valence-corrected chi connectivity index (χ3v) is 2.77. The van der Waals surface area contributed by atoms with E-state index in [2.05, 4.69) is 6.58 Å². The van der Waals surface area contributed by atoms with Crippen LogP contribution in [0.4, 0.5) is 0 Å². The number of hydrogen-bond donors (Lipinski definition) is 0. The normalized spacial score (nSPS) is 19.6. The van der Waals surface area contributed by atoms with Gasteiger partial charge in [-0.15, -0.1) is 0 Å². The van der Waals surface area contributed by atoms with Crippen LogP contribution in [0.2, 0.25) is 0 Å². The average molecular weight is 224 g/mol. The van der Waals surface area contributed by atoms with Gasteiger partial charge in [-0.25, -0.2) is 0 Å². The van der Waals surface area contributed by atoms with Gasteiger partial charge in [0.1, 0.15) is 0 Å². The van der Waals surface area contributed by atoms with Crippen LogP contribution >= 0.6 is 0 Å². The summed E-state index contributed by atoms with van der Waals surface area (Å²) in [6.45, 7) is 5.33. The Morgan fingerprint density at radius 2 is 1.53 bits per heavy atom. The van der Waals surface area contributed by atoms with E-state index in [-0.39, 0.29) is 11.6 Å². The standard InChI is InChI=1S/C15H12O2/c1-3-7-11-10(4-2)14(16)12-8-5-6-9-13(12)15(11)17/h3-9H,1H2,2H3/b10-4+,11-7+. The van der Waals surface area contributed by atoms with Crippen molar-refractivity contribution in [1.29, 1.82) is 0 Å². The molecule has 1 aromatic rings. The van der Waals surface area contributed by atoms with Crippen LogP contribution in [0.3, 0.4) is 0 Å². The first-order valence-corrected chi connectivity index (χ1v) is 5.38. The second-order valence-corrected chi connectivity index (χ2v) is 3.72. The van der Waals surface area contributed by atoms with Gasteiger partial charge in [0.25, 0.3) is 0 Å². The summed E-state index contributed by atoms with van der Waals surface area (Å²) in [6.07, 6.45) is 4.79. The summed E-state index contributed by atoms with van der Waals surface area (Å²) in [5.41, 5.74) is 1.82. The highest BCUT2D eigenvalue weighted by Crippen LogP contribution is 2.29. The zero-order chi connectivity index (χ0) is 12.4. The molecule has 0 radical (unpaired) electrons. The van der Waals surface area contributed by atoms with Crippen molar-refractivity contribution < 1.29 is 9.59 Å². The number of Topliss-reactive ketones (excluding diaryl/α,β-unsaturated/α-hetero) is 2. The number of benzene rings is 1. The Morgan fingerprint density at radius 1 is 1.00 bits per heavy atom. The van der Waals surface area contributed by atoms with Crippen LogP contribution in [-0.2, 0) is 0 Å². The van der Waals surface area contributed by atoms with Crippen molar-refractivity contribution in [2.75, 3.05) is 0 Å². The van der Waals surface area contributed by atoms with Crippen molar-refractivity contribution in [2.24, 2.45) is 0 Å². The molecule has 1 aromatic carbocycles. The van der Waals surface area contributed by atoms with Gasteiger partial charge in [0.05, 0.1) is 0 Å². The highest BCUT2D eigenvalue weighted by atomic mass is 16.1. The zero-order valence-electron chi connectivity index (χ0n) is 9.57. The maximum Gasteiger partial charge on any atom is 0.194 e. The Hall–Kier alpha value is -2.22. The maximum atomic E-state index is 12.2. The lowest BCUT2D eigenvalue weighted by Crippen LogP contribution is -2.22. The predicted octanol–water partition coefficient (Wildman–Crippen LogP) is 3.12. The Balaban J connectivity index is 2.73. The third kappa shape index (κ3) is 1.68. The first-order valence-electron chi connectivity index (χ1n) is 5.38. The van der Waals surface area contributed by atoms with Crippen molar-refractivity contribution in [3.05, 3.63) is 71.3 Å². The summed E-state index contributed by atoms with van der Waals surface area (Å²) in [5.74, 6) is -0.219. The second-order valence-electron chi connectivity index (χ2n) is 3.72. The Bertz CT molecular complexity index is 574. The summed E-state index contributed by atoms with van der Waals surface area (Å²) in [4.78, 5) is 24.4. The minimum absolute atomic E-state index is 0.101. The van der Waals surface area contributed by atoms with Gasteiger partial charge < -0.3 is 0 Å². The second kappa shape index (κ2) is 4.34. The summed E-state index contributed by atoms with van der Waals surface area (Å²) < 4.78 is 0. The van der Waals surface area contributed by atoms with E-state index in [4.69, 9.17) is 0 Å². The van der Waals surface area contributed by atoms with Gasteiger partial charge in [-0.3, -0.25) is 9.59 Å². The van der Waals surface area contributed by atoms with Crippen molar-refractivity contribution in [2.45, 2.75) is 6.92 Å². The highest BCUT2D eigenvalue weighted by molar-refractivity contribution is 6.31. The zero-order valence-corrected chi connectivity index (χ0v) is 9.57. The van der Waals surface area contributed by atoms with E-state index >= 15 is 0 Å². The molecule has 1 aliphatic rings. The molecule has 0 spiro atoms. The molecule has 2 nitrogen and oxygen atoms in total. The Labute approximate surface area is 100.0 Å². The van der Waals surface area contributed by atoms with Crippen LogP contribution in [0, 0.1) is 0 Å². The van der Waals surface area contributed by atoms with Crippen LogP contribution < -0.4 is 0 Å². The smallest absolute Gasteiger partial charge is 0.194 e. The van der Waals surface area contributed by atoms with E-state index in [1.807, 2.05) is 0 Å². The summed E-state index contributed by atoms with van der Waals surface area (Å²) in [6, 6.07) is 6.89. The Morgan fingerprint density at radius 3 is 2.00 bits per heavy atom. The number of rotatable bonds is 1. The number of allylic oxidation sites excluding steroid dienone is 5. The molecule has 0 saturated heterocycles. The van der Waals surface area contributed by atoms with E-state index in [9.17, 15) is 9.59 Å². The first-order chi connectivity index (χ1) is 8.20. The minimum Gasteiger partial charge on any atom is -0.289 e. The molecule has 2 heteroatoms. The molecule has 0 fully saturated rings. The fraction of sp³-hybridized carbons (Fsp3) is 0.0667. The van der Waals surface area contributed by atoms with E-state index < -0.39 is 0 Å². The Kier molecular flexibility index (Phi) is 2.88. The molecule has 0 aromatic heterocycles. The fourth-order valence-electron chi connectivity index (χ4n) is 1.98. The predicted molar refractivity (Wildman–Crippen MR) is 67.1 cm³/mol. The number of hydrogen-bond acceptors (Lipinski definition) is 2. The molecule has 0 unspecified atom stereocenters. The molecule has 0 heterocycles. The van der Waals surface area contributed by atoms with Gasteiger partial charge in [-0.2, -0.15) is 0 Å². The van der Waals surface area contributed by atoms with Crippen LogP contribution in [0.25, 0.3) is 0 Å². The lowest BCUT2D eigenvalue weighted by molar-refractivity contribution is 0.0972. The van der Waals surface area contributed by atoms with Gasteiger partial charge in [0.2, 0.25) is 0 Å². The van der Waals surface area contributed by atoms with Gasteiger partial charge in [0, 0.05) is 22.3 Å². The molecular weight excluding hydrogens is 212 g/mol. The van der Waals surface area contributed by atoms with Crippen LogP contribution in [0.1, 0.15) is 27.6 Å². The minimum atomic E-state index is -0.117. The van der Waals surface area contributed by atoms with Crippen LogP contribution in [0.15, 0.2) is 60.2 Å². The average Bonchev–Trinajstić information content (AvgIpc) is 2.36. The number of carbonyl (C=O) groups is 2. The lowest BCUT2D eigenvalue weighted by Gasteiger charge is -2.18. The lowest BCUT2D eigenvalue weighted by atomic mass is 9.82. The number of fused-ring (bicyclic) bond motifs is 1. The van der Waals surface area contributed by atoms with E-state index in [1.165, 1.54) is 6.08 Å². The monoisotopic (exact) mass is 224 g/mol. The molecule has 0 atom stereocenters. The molecule has 0 bridgehead atoms. The summed E-state index contributed by atoms with van der Waals surface area (Å²) in [7, 11) is 0. The molecule has 0 saturated carbocycles. The summed E-state index contributed by atoms with van der Waals surface area (Å²) >= 11 is 0. The van der Waals surface area contributed by atoms with Crippen LogP contribution in [0.5, 0.6) is 0 Å². The van der Waals surface area contributed by atoms with Crippen molar-refractivity contribution in [3.8, 4) is 0 Å². The molecule has 0 N–H and O–H groups in total. The molecule has 0 aliphatic heterocycles. The topological polar surface area (TPSA) is 34.1 Å². The van der Waals surface area contributed by atoms with Crippen molar-refractivity contribution in [1.82, 2.24) is 0 Å². The maximum absolute atomic E-state index is 12.2. The molecule has 2 rings (SSSR count).